The van der Waals surface area contributed by atoms with Crippen molar-refractivity contribution in [3.63, 3.8) is 0 Å². The van der Waals surface area contributed by atoms with E-state index in [0.29, 0.717) is 0 Å². The van der Waals surface area contributed by atoms with E-state index in [1.807, 2.05) is 20.2 Å². The van der Waals surface area contributed by atoms with Crippen molar-refractivity contribution in [2.24, 2.45) is 5.73 Å². The lowest BCUT2D eigenvalue weighted by Gasteiger charge is -2.24. The molecule has 0 radical (unpaired) electrons. The molecule has 2 N–H and O–H groups in total. The third kappa shape index (κ3) is 1.55. The second kappa shape index (κ2) is 3.50. The molecule has 0 aliphatic carbocycles. The molecule has 1 aromatic carbocycles. The van der Waals surface area contributed by atoms with Crippen LogP contribution in [0.15, 0.2) is 18.2 Å². The fourth-order valence-corrected chi connectivity index (χ4v) is 1.69. The summed E-state index contributed by atoms with van der Waals surface area (Å²) >= 11 is 0. The number of ether oxygens (including phenoxy) is 1. The summed E-state index contributed by atoms with van der Waals surface area (Å²) in [7, 11) is 4.05. The third-order valence-electron chi connectivity index (χ3n) is 2.60. The van der Waals surface area contributed by atoms with E-state index in [1.54, 1.807) is 0 Å². The Morgan fingerprint density at radius 3 is 2.93 bits per heavy atom. The number of hydrogen-bond donors (Lipinski definition) is 1. The second-order valence-corrected chi connectivity index (χ2v) is 3.86. The molecule has 0 fully saturated rings. The van der Waals surface area contributed by atoms with Gasteiger partial charge in [0.15, 0.2) is 0 Å². The highest BCUT2D eigenvalue weighted by Gasteiger charge is 2.18. The summed E-state index contributed by atoms with van der Waals surface area (Å²) in [5, 5.41) is 0. The van der Waals surface area contributed by atoms with Crippen molar-refractivity contribution in [2.75, 3.05) is 25.6 Å². The highest BCUT2D eigenvalue weighted by molar-refractivity contribution is 5.53. The predicted octanol–water partition coefficient (Wildman–Crippen LogP) is 1.53. The molecular weight excluding hydrogens is 176 g/mol. The minimum atomic E-state index is 0.124. The van der Waals surface area contributed by atoms with Crippen LogP contribution in [0.5, 0.6) is 5.75 Å². The van der Waals surface area contributed by atoms with Crippen LogP contribution in [0, 0.1) is 0 Å². The van der Waals surface area contributed by atoms with E-state index in [9.17, 15) is 0 Å². The van der Waals surface area contributed by atoms with Crippen LogP contribution in [0.4, 0.5) is 5.69 Å². The first kappa shape index (κ1) is 9.34. The Kier molecular flexibility index (Phi) is 2.33. The van der Waals surface area contributed by atoms with Gasteiger partial charge in [0.2, 0.25) is 0 Å². The van der Waals surface area contributed by atoms with Crippen LogP contribution in [0.3, 0.4) is 0 Å². The Hall–Kier alpha value is -1.22. The maximum atomic E-state index is 6.02. The smallest absolute Gasteiger partial charge is 0.124 e. The van der Waals surface area contributed by atoms with Crippen molar-refractivity contribution < 1.29 is 4.74 Å². The minimum Gasteiger partial charge on any atom is -0.493 e. The largest absolute Gasteiger partial charge is 0.493 e. The van der Waals surface area contributed by atoms with Crippen LogP contribution >= 0.6 is 0 Å². The SMILES string of the molecule is CN(C)c1ccc2c(c1)C(N)CCO2. The first-order valence-electron chi connectivity index (χ1n) is 4.88. The summed E-state index contributed by atoms with van der Waals surface area (Å²) in [5.41, 5.74) is 8.32. The van der Waals surface area contributed by atoms with Crippen LogP contribution in [0.25, 0.3) is 0 Å². The quantitative estimate of drug-likeness (QED) is 0.733. The van der Waals surface area contributed by atoms with Crippen molar-refractivity contribution >= 4 is 5.69 Å². The van der Waals surface area contributed by atoms with E-state index in [4.69, 9.17) is 10.5 Å². The third-order valence-corrected chi connectivity index (χ3v) is 2.60. The Labute approximate surface area is 84.5 Å². The molecule has 1 aromatic rings. The van der Waals surface area contributed by atoms with E-state index in [0.717, 1.165) is 24.3 Å². The van der Waals surface area contributed by atoms with Crippen molar-refractivity contribution in [3.8, 4) is 5.75 Å². The molecule has 1 unspecified atom stereocenters. The lowest BCUT2D eigenvalue weighted by molar-refractivity contribution is 0.269. The number of nitrogens with two attached hydrogens (primary N) is 1. The van der Waals surface area contributed by atoms with Gasteiger partial charge in [-0.05, 0) is 18.2 Å². The molecule has 3 heteroatoms. The van der Waals surface area contributed by atoms with Crippen LogP contribution in [0.1, 0.15) is 18.0 Å². The molecule has 0 bridgehead atoms. The number of nitrogens with zero attached hydrogens (tertiary/aromatic N) is 1. The van der Waals surface area contributed by atoms with E-state index < -0.39 is 0 Å². The highest BCUT2D eigenvalue weighted by Crippen LogP contribution is 2.33. The second-order valence-electron chi connectivity index (χ2n) is 3.86. The molecular formula is C11H16N2O. The molecule has 14 heavy (non-hydrogen) atoms. The van der Waals surface area contributed by atoms with Crippen molar-refractivity contribution in [1.29, 1.82) is 0 Å². The molecule has 0 aromatic heterocycles. The summed E-state index contributed by atoms with van der Waals surface area (Å²) in [5.74, 6) is 0.939. The Bertz CT molecular complexity index is 336. The topological polar surface area (TPSA) is 38.5 Å². The molecule has 3 nitrogen and oxygen atoms in total. The fourth-order valence-electron chi connectivity index (χ4n) is 1.69. The average molecular weight is 192 g/mol. The number of fused-ring (bicyclic) bond motifs is 1. The van der Waals surface area contributed by atoms with Crippen LogP contribution in [-0.4, -0.2) is 20.7 Å². The maximum absolute atomic E-state index is 6.02. The van der Waals surface area contributed by atoms with Gasteiger partial charge in [-0.15, -0.1) is 0 Å². The number of rotatable bonds is 1. The molecule has 0 saturated carbocycles. The van der Waals surface area contributed by atoms with Gasteiger partial charge in [0.25, 0.3) is 0 Å². The lowest BCUT2D eigenvalue weighted by atomic mass is 10.0. The minimum absolute atomic E-state index is 0.124. The van der Waals surface area contributed by atoms with Gasteiger partial charge < -0.3 is 15.4 Å². The van der Waals surface area contributed by atoms with Crippen LogP contribution < -0.4 is 15.4 Å². The molecule has 0 saturated heterocycles. The van der Waals surface area contributed by atoms with Crippen molar-refractivity contribution in [2.45, 2.75) is 12.5 Å². The van der Waals surface area contributed by atoms with Crippen LogP contribution in [-0.2, 0) is 0 Å². The van der Waals surface area contributed by atoms with Crippen LogP contribution in [0.2, 0.25) is 0 Å². The van der Waals surface area contributed by atoms with Crippen molar-refractivity contribution in [1.82, 2.24) is 0 Å². The standard InChI is InChI=1S/C11H16N2O/c1-13(2)8-3-4-11-9(7-8)10(12)5-6-14-11/h3-4,7,10H,5-6,12H2,1-2H3. The summed E-state index contributed by atoms with van der Waals surface area (Å²) < 4.78 is 5.53. The predicted molar refractivity (Wildman–Crippen MR) is 57.8 cm³/mol. The van der Waals surface area contributed by atoms with Gasteiger partial charge in [-0.25, -0.2) is 0 Å². The van der Waals surface area contributed by atoms with E-state index >= 15 is 0 Å². The normalized spacial score (nSPS) is 19.8. The fraction of sp³-hybridized carbons (Fsp3) is 0.455. The molecule has 0 spiro atoms. The van der Waals surface area contributed by atoms with Gasteiger partial charge >= 0.3 is 0 Å². The maximum Gasteiger partial charge on any atom is 0.124 e. The number of anilines is 1. The lowest BCUT2D eigenvalue weighted by Crippen LogP contribution is -2.21. The monoisotopic (exact) mass is 192 g/mol. The molecule has 1 atom stereocenters. The Balaban J connectivity index is 2.41. The molecule has 2 rings (SSSR count). The van der Waals surface area contributed by atoms with Gasteiger partial charge in [0.1, 0.15) is 5.75 Å². The summed E-state index contributed by atoms with van der Waals surface area (Å²) in [6.45, 7) is 0.732. The highest BCUT2D eigenvalue weighted by atomic mass is 16.5. The van der Waals surface area contributed by atoms with E-state index in [-0.39, 0.29) is 6.04 Å². The van der Waals surface area contributed by atoms with Gasteiger partial charge in [0.05, 0.1) is 6.61 Å². The van der Waals surface area contributed by atoms with E-state index in [1.165, 1.54) is 5.69 Å². The van der Waals surface area contributed by atoms with Gasteiger partial charge in [-0.2, -0.15) is 0 Å². The molecule has 1 heterocycles. The zero-order valence-corrected chi connectivity index (χ0v) is 8.66. The summed E-state index contributed by atoms with van der Waals surface area (Å²) in [4.78, 5) is 2.07. The van der Waals surface area contributed by atoms with Gasteiger partial charge in [0, 0.05) is 37.8 Å². The van der Waals surface area contributed by atoms with Gasteiger partial charge in [-0.1, -0.05) is 0 Å². The number of hydrogen-bond acceptors (Lipinski definition) is 3. The zero-order valence-electron chi connectivity index (χ0n) is 8.66. The average Bonchev–Trinajstić information content (AvgIpc) is 2.18. The first-order valence-corrected chi connectivity index (χ1v) is 4.88. The Morgan fingerprint density at radius 1 is 1.43 bits per heavy atom. The first-order chi connectivity index (χ1) is 6.68. The van der Waals surface area contributed by atoms with Crippen molar-refractivity contribution in [3.05, 3.63) is 23.8 Å². The molecule has 0 amide bonds. The van der Waals surface area contributed by atoms with Gasteiger partial charge in [-0.3, -0.25) is 0 Å². The molecule has 1 aliphatic rings. The zero-order chi connectivity index (χ0) is 10.1. The summed E-state index contributed by atoms with van der Waals surface area (Å²) in [6.07, 6.45) is 0.907. The Morgan fingerprint density at radius 2 is 2.21 bits per heavy atom. The van der Waals surface area contributed by atoms with E-state index in [2.05, 4.69) is 17.0 Å². The molecule has 76 valence electrons. The summed E-state index contributed by atoms with van der Waals surface area (Å²) in [6, 6.07) is 6.29. The molecule has 1 aliphatic heterocycles. The number of benzene rings is 1.